The summed E-state index contributed by atoms with van der Waals surface area (Å²) in [6.07, 6.45) is 0. The third-order valence-corrected chi connectivity index (χ3v) is 2.51. The van der Waals surface area contributed by atoms with E-state index in [1.807, 2.05) is 0 Å². The molecule has 0 aliphatic carbocycles. The summed E-state index contributed by atoms with van der Waals surface area (Å²) >= 11 is 0. The van der Waals surface area contributed by atoms with Crippen molar-refractivity contribution in [3.8, 4) is 17.6 Å². The number of carbonyl (C=O) groups excluding carboxylic acids is 1. The van der Waals surface area contributed by atoms with Gasteiger partial charge in [0, 0.05) is 6.07 Å². The van der Waals surface area contributed by atoms with Crippen LogP contribution in [0.2, 0.25) is 0 Å². The number of nitrogens with one attached hydrogen (secondary N) is 2. The SMILES string of the molecule is O=C(NCC#CCOc1ccccc1F)c1ccc(=O)[nH]n1. The van der Waals surface area contributed by atoms with Crippen molar-refractivity contribution < 1.29 is 13.9 Å². The van der Waals surface area contributed by atoms with Crippen molar-refractivity contribution in [1.29, 1.82) is 0 Å². The summed E-state index contributed by atoms with van der Waals surface area (Å²) in [5.74, 6) is 4.51. The van der Waals surface area contributed by atoms with Crippen LogP contribution in [0.1, 0.15) is 10.5 Å². The molecule has 1 aromatic heterocycles. The number of halogens is 1. The number of hydrogen-bond donors (Lipinski definition) is 2. The Morgan fingerprint density at radius 2 is 2.09 bits per heavy atom. The van der Waals surface area contributed by atoms with E-state index < -0.39 is 11.7 Å². The zero-order valence-corrected chi connectivity index (χ0v) is 11.4. The molecule has 0 aliphatic rings. The molecule has 0 unspecified atom stereocenters. The molecule has 0 spiro atoms. The van der Waals surface area contributed by atoms with Crippen LogP contribution < -0.4 is 15.6 Å². The van der Waals surface area contributed by atoms with Crippen LogP contribution in [0.3, 0.4) is 0 Å². The zero-order valence-electron chi connectivity index (χ0n) is 11.4. The Kier molecular flexibility index (Phi) is 5.26. The van der Waals surface area contributed by atoms with Crippen LogP contribution in [0.25, 0.3) is 0 Å². The van der Waals surface area contributed by atoms with Crippen molar-refractivity contribution in [2.75, 3.05) is 13.2 Å². The number of amides is 1. The maximum absolute atomic E-state index is 13.2. The fourth-order valence-electron chi connectivity index (χ4n) is 1.48. The largest absolute Gasteiger partial charge is 0.478 e. The summed E-state index contributed by atoms with van der Waals surface area (Å²) in [5, 5.41) is 8.24. The third kappa shape index (κ3) is 4.45. The third-order valence-electron chi connectivity index (χ3n) is 2.51. The van der Waals surface area contributed by atoms with E-state index in [1.165, 1.54) is 24.3 Å². The highest BCUT2D eigenvalue weighted by Crippen LogP contribution is 2.14. The van der Waals surface area contributed by atoms with Crippen molar-refractivity contribution in [1.82, 2.24) is 15.5 Å². The predicted molar refractivity (Wildman–Crippen MR) is 76.9 cm³/mol. The van der Waals surface area contributed by atoms with Gasteiger partial charge in [-0.3, -0.25) is 9.59 Å². The number of rotatable bonds is 4. The Bertz CT molecular complexity index is 757. The van der Waals surface area contributed by atoms with Gasteiger partial charge in [-0.15, -0.1) is 0 Å². The molecule has 2 rings (SSSR count). The lowest BCUT2D eigenvalue weighted by atomic mass is 10.3. The van der Waals surface area contributed by atoms with E-state index in [-0.39, 0.29) is 30.2 Å². The number of para-hydroxylation sites is 1. The number of hydrogen-bond acceptors (Lipinski definition) is 4. The van der Waals surface area contributed by atoms with Crippen LogP contribution in [0.4, 0.5) is 4.39 Å². The van der Waals surface area contributed by atoms with Gasteiger partial charge in [-0.05, 0) is 18.2 Å². The molecule has 0 radical (unpaired) electrons. The van der Waals surface area contributed by atoms with E-state index >= 15 is 0 Å². The predicted octanol–water partition coefficient (Wildman–Crippen LogP) is 0.721. The molecule has 1 aromatic carbocycles. The first kappa shape index (κ1) is 15.3. The maximum Gasteiger partial charge on any atom is 0.272 e. The second-order valence-electron chi connectivity index (χ2n) is 4.06. The molecule has 1 amide bonds. The summed E-state index contributed by atoms with van der Waals surface area (Å²) in [5.41, 5.74) is -0.300. The number of benzene rings is 1. The Morgan fingerprint density at radius 3 is 2.82 bits per heavy atom. The highest BCUT2D eigenvalue weighted by Gasteiger charge is 2.04. The summed E-state index contributed by atoms with van der Waals surface area (Å²) in [6, 6.07) is 8.52. The molecule has 1 heterocycles. The summed E-state index contributed by atoms with van der Waals surface area (Å²) in [7, 11) is 0. The fourth-order valence-corrected chi connectivity index (χ4v) is 1.48. The van der Waals surface area contributed by atoms with Gasteiger partial charge >= 0.3 is 0 Å². The van der Waals surface area contributed by atoms with E-state index in [0.717, 1.165) is 0 Å². The number of ether oxygens (including phenoxy) is 1. The molecule has 112 valence electrons. The van der Waals surface area contributed by atoms with Gasteiger partial charge in [0.2, 0.25) is 0 Å². The number of H-pyrrole nitrogens is 1. The Labute approximate surface area is 125 Å². The molecule has 2 aromatic rings. The second kappa shape index (κ2) is 7.59. The number of nitrogens with zero attached hydrogens (tertiary/aromatic N) is 1. The normalized spacial score (nSPS) is 9.50. The van der Waals surface area contributed by atoms with Gasteiger partial charge in [0.1, 0.15) is 12.3 Å². The lowest BCUT2D eigenvalue weighted by Gasteiger charge is -2.02. The van der Waals surface area contributed by atoms with Gasteiger partial charge in [0.25, 0.3) is 11.5 Å². The van der Waals surface area contributed by atoms with Gasteiger partial charge in [-0.25, -0.2) is 9.49 Å². The first-order valence-corrected chi connectivity index (χ1v) is 6.34. The Morgan fingerprint density at radius 1 is 1.27 bits per heavy atom. The molecule has 7 heteroatoms. The monoisotopic (exact) mass is 301 g/mol. The van der Waals surface area contributed by atoms with Crippen molar-refractivity contribution in [3.05, 3.63) is 58.3 Å². The van der Waals surface area contributed by atoms with E-state index in [1.54, 1.807) is 12.1 Å². The molecule has 6 nitrogen and oxygen atoms in total. The Hall–Kier alpha value is -3.14. The first-order chi connectivity index (χ1) is 10.7. The second-order valence-corrected chi connectivity index (χ2v) is 4.06. The minimum atomic E-state index is -0.458. The van der Waals surface area contributed by atoms with E-state index in [2.05, 4.69) is 27.4 Å². The minimum absolute atomic E-state index is 0.00765. The lowest BCUT2D eigenvalue weighted by Crippen LogP contribution is -2.26. The molecule has 2 N–H and O–H groups in total. The van der Waals surface area contributed by atoms with E-state index in [0.29, 0.717) is 0 Å². The highest BCUT2D eigenvalue weighted by atomic mass is 19.1. The quantitative estimate of drug-likeness (QED) is 0.815. The maximum atomic E-state index is 13.2. The molecule has 0 bridgehead atoms. The highest BCUT2D eigenvalue weighted by molar-refractivity contribution is 5.92. The van der Waals surface area contributed by atoms with Crippen molar-refractivity contribution in [2.24, 2.45) is 0 Å². The van der Waals surface area contributed by atoms with Gasteiger partial charge < -0.3 is 10.1 Å². The van der Waals surface area contributed by atoms with Gasteiger partial charge in [0.15, 0.2) is 11.6 Å². The summed E-state index contributed by atoms with van der Waals surface area (Å²) in [6.45, 7) is 0.0913. The van der Waals surface area contributed by atoms with E-state index in [4.69, 9.17) is 4.74 Å². The minimum Gasteiger partial charge on any atom is -0.478 e. The average molecular weight is 301 g/mol. The molecular weight excluding hydrogens is 289 g/mol. The van der Waals surface area contributed by atoms with Crippen LogP contribution in [0.15, 0.2) is 41.2 Å². The zero-order chi connectivity index (χ0) is 15.8. The van der Waals surface area contributed by atoms with Crippen LogP contribution in [0, 0.1) is 17.7 Å². The van der Waals surface area contributed by atoms with Crippen molar-refractivity contribution >= 4 is 5.91 Å². The molecule has 0 saturated heterocycles. The average Bonchev–Trinajstić information content (AvgIpc) is 2.53. The van der Waals surface area contributed by atoms with E-state index in [9.17, 15) is 14.0 Å². The molecule has 0 aliphatic heterocycles. The first-order valence-electron chi connectivity index (χ1n) is 6.34. The topological polar surface area (TPSA) is 84.1 Å². The number of aromatic amines is 1. The number of aromatic nitrogens is 2. The standard InChI is InChI=1S/C15H12FN3O3/c16-11-5-1-2-6-13(11)22-10-4-3-9-17-15(21)12-7-8-14(20)19-18-12/h1-2,5-8H,9-10H2,(H,17,21)(H,19,20). The van der Waals surface area contributed by atoms with Gasteiger partial charge in [-0.1, -0.05) is 24.0 Å². The molecule has 22 heavy (non-hydrogen) atoms. The summed E-state index contributed by atoms with van der Waals surface area (Å²) < 4.78 is 18.4. The van der Waals surface area contributed by atoms with Gasteiger partial charge in [0.05, 0.1) is 6.54 Å². The van der Waals surface area contributed by atoms with Crippen LogP contribution in [0.5, 0.6) is 5.75 Å². The van der Waals surface area contributed by atoms with Crippen molar-refractivity contribution in [3.63, 3.8) is 0 Å². The van der Waals surface area contributed by atoms with Gasteiger partial charge in [-0.2, -0.15) is 5.10 Å². The smallest absolute Gasteiger partial charge is 0.272 e. The fraction of sp³-hybridized carbons (Fsp3) is 0.133. The molecule has 0 fully saturated rings. The molecular formula is C15H12FN3O3. The van der Waals surface area contributed by atoms with Crippen LogP contribution in [-0.2, 0) is 0 Å². The lowest BCUT2D eigenvalue weighted by molar-refractivity contribution is 0.0952. The number of carbonyl (C=O) groups is 1. The van der Waals surface area contributed by atoms with Crippen LogP contribution >= 0.6 is 0 Å². The Balaban J connectivity index is 1.75. The summed E-state index contributed by atoms with van der Waals surface area (Å²) in [4.78, 5) is 22.4. The molecule has 0 saturated carbocycles. The van der Waals surface area contributed by atoms with Crippen LogP contribution in [-0.4, -0.2) is 29.3 Å². The van der Waals surface area contributed by atoms with Crippen molar-refractivity contribution in [2.45, 2.75) is 0 Å². The molecule has 0 atom stereocenters.